The van der Waals surface area contributed by atoms with Crippen molar-refractivity contribution in [3.63, 3.8) is 0 Å². The minimum absolute atomic E-state index is 0.184. The van der Waals surface area contributed by atoms with Crippen LogP contribution in [0.2, 0.25) is 0 Å². The number of imide groups is 1. The van der Waals surface area contributed by atoms with Gasteiger partial charge in [-0.1, -0.05) is 38.2 Å². The second kappa shape index (κ2) is 5.09. The molecule has 19 heavy (non-hydrogen) atoms. The van der Waals surface area contributed by atoms with E-state index in [0.29, 0.717) is 17.5 Å². The third kappa shape index (κ3) is 2.38. The minimum atomic E-state index is -0.512. The maximum atomic E-state index is 12.3. The fourth-order valence-corrected chi connectivity index (χ4v) is 2.49. The molecule has 2 N–H and O–H groups in total. The maximum Gasteiger partial charge on any atom is 0.262 e. The quantitative estimate of drug-likeness (QED) is 0.674. The van der Waals surface area contributed by atoms with Crippen molar-refractivity contribution in [2.75, 3.05) is 0 Å². The first kappa shape index (κ1) is 13.7. The van der Waals surface area contributed by atoms with Crippen LogP contribution >= 0.6 is 12.2 Å². The normalized spacial score (nSPS) is 15.8. The lowest BCUT2D eigenvalue weighted by atomic mass is 10.0. The van der Waals surface area contributed by atoms with Crippen LogP contribution in [-0.2, 0) is 0 Å². The van der Waals surface area contributed by atoms with Gasteiger partial charge in [0.05, 0.1) is 22.2 Å². The van der Waals surface area contributed by atoms with Crippen molar-refractivity contribution in [1.29, 1.82) is 0 Å². The van der Waals surface area contributed by atoms with Gasteiger partial charge in [-0.25, -0.2) is 0 Å². The van der Waals surface area contributed by atoms with Gasteiger partial charge in [0.25, 0.3) is 11.8 Å². The number of benzene rings is 1. The van der Waals surface area contributed by atoms with E-state index in [1.807, 2.05) is 13.8 Å². The number of rotatable bonds is 4. The molecule has 0 aliphatic carbocycles. The number of nitrogens with zero attached hydrogens (tertiary/aromatic N) is 1. The lowest BCUT2D eigenvalue weighted by Gasteiger charge is -2.26. The predicted octanol–water partition coefficient (Wildman–Crippen LogP) is 1.98. The Hall–Kier alpha value is -1.75. The first-order valence-electron chi connectivity index (χ1n) is 6.19. The topological polar surface area (TPSA) is 63.4 Å². The van der Waals surface area contributed by atoms with E-state index >= 15 is 0 Å². The summed E-state index contributed by atoms with van der Waals surface area (Å²) in [4.78, 5) is 26.0. The molecule has 1 aromatic carbocycles. The zero-order valence-electron chi connectivity index (χ0n) is 10.9. The van der Waals surface area contributed by atoms with Gasteiger partial charge in [-0.15, -0.1) is 0 Å². The number of carbonyl (C=O) groups is 2. The summed E-state index contributed by atoms with van der Waals surface area (Å²) >= 11 is 5.02. The summed E-state index contributed by atoms with van der Waals surface area (Å²) in [6.45, 7) is 4.01. The summed E-state index contributed by atoms with van der Waals surface area (Å²) in [5.41, 5.74) is 6.57. The Morgan fingerprint density at radius 1 is 1.21 bits per heavy atom. The van der Waals surface area contributed by atoms with Crippen molar-refractivity contribution in [3.8, 4) is 0 Å². The van der Waals surface area contributed by atoms with Gasteiger partial charge >= 0.3 is 0 Å². The molecule has 0 saturated carbocycles. The molecule has 0 aromatic heterocycles. The van der Waals surface area contributed by atoms with Crippen molar-refractivity contribution in [2.45, 2.75) is 26.3 Å². The van der Waals surface area contributed by atoms with Gasteiger partial charge in [-0.3, -0.25) is 14.5 Å². The zero-order chi connectivity index (χ0) is 14.2. The highest BCUT2D eigenvalue weighted by atomic mass is 32.1. The molecule has 0 bridgehead atoms. The van der Waals surface area contributed by atoms with Crippen LogP contribution in [0.25, 0.3) is 0 Å². The highest BCUT2D eigenvalue weighted by Gasteiger charge is 2.40. The molecule has 0 fully saturated rings. The van der Waals surface area contributed by atoms with Gasteiger partial charge in [0.15, 0.2) is 0 Å². The molecule has 0 radical (unpaired) electrons. The Labute approximate surface area is 117 Å². The van der Waals surface area contributed by atoms with Crippen LogP contribution in [-0.4, -0.2) is 27.7 Å². The molecule has 1 aliphatic rings. The summed E-state index contributed by atoms with van der Waals surface area (Å²) in [6.07, 6.45) is 0.584. The van der Waals surface area contributed by atoms with Gasteiger partial charge in [-0.05, 0) is 24.5 Å². The lowest BCUT2D eigenvalue weighted by Crippen LogP contribution is -2.47. The first-order chi connectivity index (χ1) is 8.93. The average molecular weight is 276 g/mol. The smallest absolute Gasteiger partial charge is 0.262 e. The summed E-state index contributed by atoms with van der Waals surface area (Å²) in [6, 6.07) is 6.28. The number of amides is 2. The molecule has 1 aliphatic heterocycles. The molecule has 1 heterocycles. The SMILES string of the molecule is CC(C)CC(C(N)=S)N1C(=O)c2ccccc2C1=O. The second-order valence-corrected chi connectivity index (χ2v) is 5.55. The number of fused-ring (bicyclic) bond motifs is 1. The monoisotopic (exact) mass is 276 g/mol. The third-order valence-electron chi connectivity index (χ3n) is 3.16. The first-order valence-corrected chi connectivity index (χ1v) is 6.60. The molecule has 100 valence electrons. The molecule has 4 nitrogen and oxygen atoms in total. The third-order valence-corrected chi connectivity index (χ3v) is 3.43. The van der Waals surface area contributed by atoms with Crippen molar-refractivity contribution < 1.29 is 9.59 Å². The molecular formula is C14H16N2O2S. The molecular weight excluding hydrogens is 260 g/mol. The van der Waals surface area contributed by atoms with Crippen LogP contribution in [0.5, 0.6) is 0 Å². The summed E-state index contributed by atoms with van der Waals surface area (Å²) in [5, 5.41) is 0. The Bertz CT molecular complexity index is 519. The van der Waals surface area contributed by atoms with E-state index in [0.717, 1.165) is 0 Å². The second-order valence-electron chi connectivity index (χ2n) is 5.07. The van der Waals surface area contributed by atoms with E-state index in [1.165, 1.54) is 4.90 Å². The van der Waals surface area contributed by atoms with Gasteiger partial charge < -0.3 is 5.73 Å². The van der Waals surface area contributed by atoms with Crippen LogP contribution in [0, 0.1) is 5.92 Å². The highest BCUT2D eigenvalue weighted by molar-refractivity contribution is 7.80. The number of hydrogen-bond acceptors (Lipinski definition) is 3. The molecule has 0 saturated heterocycles. The largest absolute Gasteiger partial charge is 0.392 e. The minimum Gasteiger partial charge on any atom is -0.392 e. The number of nitrogens with two attached hydrogens (primary N) is 1. The number of hydrogen-bond donors (Lipinski definition) is 1. The standard InChI is InChI=1S/C14H16N2O2S/c1-8(2)7-11(12(15)19)16-13(17)9-5-3-4-6-10(9)14(16)18/h3-6,8,11H,7H2,1-2H3,(H2,15,19). The van der Waals surface area contributed by atoms with Crippen molar-refractivity contribution in [3.05, 3.63) is 35.4 Å². The van der Waals surface area contributed by atoms with Crippen LogP contribution in [0.3, 0.4) is 0 Å². The van der Waals surface area contributed by atoms with Crippen LogP contribution in [0.15, 0.2) is 24.3 Å². The van der Waals surface area contributed by atoms with Crippen LogP contribution < -0.4 is 5.73 Å². The Morgan fingerprint density at radius 3 is 2.05 bits per heavy atom. The summed E-state index contributed by atoms with van der Waals surface area (Å²) in [5.74, 6) is -0.325. The van der Waals surface area contributed by atoms with E-state index in [9.17, 15) is 9.59 Å². The van der Waals surface area contributed by atoms with E-state index in [4.69, 9.17) is 18.0 Å². The van der Waals surface area contributed by atoms with Gasteiger partial charge in [0, 0.05) is 0 Å². The Balaban J connectivity index is 2.39. The van der Waals surface area contributed by atoms with Crippen LogP contribution in [0.1, 0.15) is 41.0 Å². The van der Waals surface area contributed by atoms with Gasteiger partial charge in [-0.2, -0.15) is 0 Å². The van der Waals surface area contributed by atoms with Crippen LogP contribution in [0.4, 0.5) is 0 Å². The van der Waals surface area contributed by atoms with Crippen molar-refractivity contribution >= 4 is 29.0 Å². The summed E-state index contributed by atoms with van der Waals surface area (Å²) in [7, 11) is 0. The molecule has 1 aromatic rings. The summed E-state index contributed by atoms with van der Waals surface area (Å²) < 4.78 is 0. The lowest BCUT2D eigenvalue weighted by molar-refractivity contribution is 0.0614. The van der Waals surface area contributed by atoms with E-state index in [2.05, 4.69) is 0 Å². The zero-order valence-corrected chi connectivity index (χ0v) is 11.7. The van der Waals surface area contributed by atoms with E-state index in [-0.39, 0.29) is 22.7 Å². The van der Waals surface area contributed by atoms with Crippen molar-refractivity contribution in [2.24, 2.45) is 11.7 Å². The molecule has 1 unspecified atom stereocenters. The fourth-order valence-electron chi connectivity index (χ4n) is 2.29. The molecule has 1 atom stereocenters. The highest BCUT2D eigenvalue weighted by Crippen LogP contribution is 2.26. The fraction of sp³-hybridized carbons (Fsp3) is 0.357. The molecule has 2 amide bonds. The Kier molecular flexibility index (Phi) is 3.66. The van der Waals surface area contributed by atoms with Gasteiger partial charge in [0.1, 0.15) is 0 Å². The molecule has 0 spiro atoms. The number of carbonyl (C=O) groups excluding carboxylic acids is 2. The predicted molar refractivity (Wildman–Crippen MR) is 77.0 cm³/mol. The van der Waals surface area contributed by atoms with E-state index < -0.39 is 6.04 Å². The Morgan fingerprint density at radius 2 is 1.68 bits per heavy atom. The maximum absolute atomic E-state index is 12.3. The van der Waals surface area contributed by atoms with Gasteiger partial charge in [0.2, 0.25) is 0 Å². The number of thiocarbonyl (C=S) groups is 1. The van der Waals surface area contributed by atoms with Crippen molar-refractivity contribution in [1.82, 2.24) is 4.90 Å². The molecule has 5 heteroatoms. The average Bonchev–Trinajstić information content (AvgIpc) is 2.60. The van der Waals surface area contributed by atoms with E-state index in [1.54, 1.807) is 24.3 Å². The molecule has 2 rings (SSSR count).